The minimum atomic E-state index is -0.606. The molecule has 4 nitrogen and oxygen atoms in total. The summed E-state index contributed by atoms with van der Waals surface area (Å²) in [5, 5.41) is 12.2. The minimum Gasteiger partial charge on any atom is -0.508 e. The van der Waals surface area contributed by atoms with Gasteiger partial charge in [-0.2, -0.15) is 0 Å². The first-order valence-electron chi connectivity index (χ1n) is 6.12. The Bertz CT molecular complexity index is 626. The summed E-state index contributed by atoms with van der Waals surface area (Å²) in [6.07, 6.45) is 0. The van der Waals surface area contributed by atoms with Crippen molar-refractivity contribution in [2.75, 3.05) is 5.32 Å². The average molecular weight is 274 g/mol. The fourth-order valence-corrected chi connectivity index (χ4v) is 1.87. The number of nitrogens with two attached hydrogens (primary N) is 1. The van der Waals surface area contributed by atoms with E-state index in [0.29, 0.717) is 0 Å². The molecule has 0 bridgehead atoms. The molecule has 1 atom stereocenters. The largest absolute Gasteiger partial charge is 0.508 e. The Labute approximate surface area is 116 Å². The first-order chi connectivity index (χ1) is 9.47. The fourth-order valence-electron chi connectivity index (χ4n) is 1.87. The van der Waals surface area contributed by atoms with Crippen molar-refractivity contribution >= 4 is 11.6 Å². The second-order valence-corrected chi connectivity index (χ2v) is 4.52. The summed E-state index contributed by atoms with van der Waals surface area (Å²) in [7, 11) is 0. The lowest BCUT2D eigenvalue weighted by Gasteiger charge is -2.16. The third kappa shape index (κ3) is 3.06. The van der Waals surface area contributed by atoms with Crippen molar-refractivity contribution in [1.82, 2.24) is 0 Å². The van der Waals surface area contributed by atoms with Crippen LogP contribution < -0.4 is 11.1 Å². The smallest absolute Gasteiger partial charge is 0.248 e. The Morgan fingerprint density at radius 2 is 1.90 bits per heavy atom. The number of aromatic hydroxyl groups is 1. The second kappa shape index (κ2) is 5.61. The van der Waals surface area contributed by atoms with E-state index in [1.807, 2.05) is 6.92 Å². The monoisotopic (exact) mass is 274 g/mol. The molecule has 5 heteroatoms. The molecule has 0 aliphatic heterocycles. The van der Waals surface area contributed by atoms with Gasteiger partial charge in [-0.3, -0.25) is 4.79 Å². The molecule has 2 rings (SSSR count). The number of nitrogens with one attached hydrogen (secondary N) is 1. The maximum absolute atomic E-state index is 13.7. The van der Waals surface area contributed by atoms with Crippen molar-refractivity contribution in [3.63, 3.8) is 0 Å². The molecule has 1 unspecified atom stereocenters. The standard InChI is InChI=1S/C15H15FN2O2/c1-9(10-2-5-12(19)6-3-10)18-14-8-11(15(17)20)4-7-13(14)16/h2-9,18-19H,1H3,(H2,17,20). The maximum atomic E-state index is 13.7. The molecule has 2 aromatic carbocycles. The zero-order valence-corrected chi connectivity index (χ0v) is 10.9. The Kier molecular flexibility index (Phi) is 3.89. The summed E-state index contributed by atoms with van der Waals surface area (Å²) in [4.78, 5) is 11.1. The van der Waals surface area contributed by atoms with Gasteiger partial charge in [-0.25, -0.2) is 4.39 Å². The Morgan fingerprint density at radius 1 is 1.25 bits per heavy atom. The first kappa shape index (κ1) is 13.9. The molecule has 0 aliphatic carbocycles. The van der Waals surface area contributed by atoms with Crippen LogP contribution in [0.15, 0.2) is 42.5 Å². The normalized spacial score (nSPS) is 11.9. The molecule has 0 heterocycles. The molecule has 104 valence electrons. The summed E-state index contributed by atoms with van der Waals surface area (Å²) < 4.78 is 13.7. The number of amides is 1. The molecule has 0 fully saturated rings. The van der Waals surface area contributed by atoms with Crippen LogP contribution in [0.1, 0.15) is 28.9 Å². The van der Waals surface area contributed by atoms with Gasteiger partial charge >= 0.3 is 0 Å². The van der Waals surface area contributed by atoms with Crippen LogP contribution in [0.4, 0.5) is 10.1 Å². The number of halogens is 1. The summed E-state index contributed by atoms with van der Waals surface area (Å²) in [5.41, 5.74) is 6.51. The quantitative estimate of drug-likeness (QED) is 0.802. The third-order valence-corrected chi connectivity index (χ3v) is 3.02. The van der Waals surface area contributed by atoms with E-state index < -0.39 is 11.7 Å². The summed E-state index contributed by atoms with van der Waals surface area (Å²) in [6.45, 7) is 1.85. The van der Waals surface area contributed by atoms with Crippen molar-refractivity contribution in [2.24, 2.45) is 5.73 Å². The Balaban J connectivity index is 2.22. The molecule has 0 spiro atoms. The van der Waals surface area contributed by atoms with Gasteiger partial charge in [0.05, 0.1) is 5.69 Å². The van der Waals surface area contributed by atoms with E-state index in [9.17, 15) is 14.3 Å². The van der Waals surface area contributed by atoms with Crippen LogP contribution in [-0.4, -0.2) is 11.0 Å². The molecule has 20 heavy (non-hydrogen) atoms. The fraction of sp³-hybridized carbons (Fsp3) is 0.133. The number of phenols is 1. The van der Waals surface area contributed by atoms with Gasteiger partial charge in [0, 0.05) is 11.6 Å². The number of phenolic OH excluding ortho intramolecular Hbond substituents is 1. The van der Waals surface area contributed by atoms with Crippen molar-refractivity contribution in [3.05, 3.63) is 59.4 Å². The van der Waals surface area contributed by atoms with Crippen LogP contribution >= 0.6 is 0 Å². The molecule has 2 aromatic rings. The number of anilines is 1. The highest BCUT2D eigenvalue weighted by atomic mass is 19.1. The van der Waals surface area contributed by atoms with Crippen molar-refractivity contribution in [3.8, 4) is 5.75 Å². The van der Waals surface area contributed by atoms with Crippen LogP contribution in [0.2, 0.25) is 0 Å². The molecular weight excluding hydrogens is 259 g/mol. The summed E-state index contributed by atoms with van der Waals surface area (Å²) >= 11 is 0. The zero-order chi connectivity index (χ0) is 14.7. The van der Waals surface area contributed by atoms with E-state index in [2.05, 4.69) is 5.32 Å². The van der Waals surface area contributed by atoms with Gasteiger partial charge in [-0.15, -0.1) is 0 Å². The van der Waals surface area contributed by atoms with Gasteiger partial charge in [-0.05, 0) is 42.8 Å². The second-order valence-electron chi connectivity index (χ2n) is 4.52. The number of carbonyl (C=O) groups is 1. The number of carbonyl (C=O) groups excluding carboxylic acids is 1. The highest BCUT2D eigenvalue weighted by Crippen LogP contribution is 2.24. The predicted octanol–water partition coefficient (Wildman–Crippen LogP) is 2.80. The number of primary amides is 1. The zero-order valence-electron chi connectivity index (χ0n) is 10.9. The van der Waals surface area contributed by atoms with Crippen molar-refractivity contribution in [1.29, 1.82) is 0 Å². The van der Waals surface area contributed by atoms with Crippen LogP contribution in [-0.2, 0) is 0 Å². The van der Waals surface area contributed by atoms with Gasteiger partial charge < -0.3 is 16.2 Å². The van der Waals surface area contributed by atoms with Crippen molar-refractivity contribution in [2.45, 2.75) is 13.0 Å². The molecule has 4 N–H and O–H groups in total. The molecule has 1 amide bonds. The highest BCUT2D eigenvalue weighted by molar-refractivity contribution is 5.93. The Morgan fingerprint density at radius 3 is 2.50 bits per heavy atom. The maximum Gasteiger partial charge on any atom is 0.248 e. The Hall–Kier alpha value is -2.56. The van der Waals surface area contributed by atoms with E-state index in [0.717, 1.165) is 5.56 Å². The van der Waals surface area contributed by atoms with Crippen LogP contribution in [0.3, 0.4) is 0 Å². The lowest BCUT2D eigenvalue weighted by molar-refractivity contribution is 0.100. The molecular formula is C15H15FN2O2. The highest BCUT2D eigenvalue weighted by Gasteiger charge is 2.11. The van der Waals surface area contributed by atoms with Gasteiger partial charge in [0.15, 0.2) is 0 Å². The lowest BCUT2D eigenvalue weighted by atomic mass is 10.1. The number of hydrogen-bond donors (Lipinski definition) is 3. The van der Waals surface area contributed by atoms with Crippen LogP contribution in [0, 0.1) is 5.82 Å². The van der Waals surface area contributed by atoms with Gasteiger partial charge in [0.1, 0.15) is 11.6 Å². The van der Waals surface area contributed by atoms with E-state index in [-0.39, 0.29) is 23.0 Å². The molecule has 0 saturated carbocycles. The van der Waals surface area contributed by atoms with Crippen LogP contribution in [0.25, 0.3) is 0 Å². The van der Waals surface area contributed by atoms with E-state index >= 15 is 0 Å². The van der Waals surface area contributed by atoms with Crippen molar-refractivity contribution < 1.29 is 14.3 Å². The molecule has 0 aliphatic rings. The molecule has 0 saturated heterocycles. The molecule has 0 aromatic heterocycles. The van der Waals surface area contributed by atoms with Gasteiger partial charge in [-0.1, -0.05) is 12.1 Å². The van der Waals surface area contributed by atoms with E-state index in [4.69, 9.17) is 5.73 Å². The van der Waals surface area contributed by atoms with E-state index in [1.165, 1.54) is 18.2 Å². The molecule has 0 radical (unpaired) electrons. The third-order valence-electron chi connectivity index (χ3n) is 3.02. The number of rotatable bonds is 4. The number of benzene rings is 2. The lowest BCUT2D eigenvalue weighted by Crippen LogP contribution is -2.13. The number of hydrogen-bond acceptors (Lipinski definition) is 3. The predicted molar refractivity (Wildman–Crippen MR) is 75.1 cm³/mol. The summed E-state index contributed by atoms with van der Waals surface area (Å²) in [6, 6.07) is 10.3. The van der Waals surface area contributed by atoms with Gasteiger partial charge in [0.2, 0.25) is 5.91 Å². The average Bonchev–Trinajstić information content (AvgIpc) is 2.41. The minimum absolute atomic E-state index is 0.169. The first-order valence-corrected chi connectivity index (χ1v) is 6.12. The topological polar surface area (TPSA) is 75.3 Å². The van der Waals surface area contributed by atoms with Gasteiger partial charge in [0.25, 0.3) is 0 Å². The SMILES string of the molecule is CC(Nc1cc(C(N)=O)ccc1F)c1ccc(O)cc1. The van der Waals surface area contributed by atoms with E-state index in [1.54, 1.807) is 24.3 Å². The summed E-state index contributed by atoms with van der Waals surface area (Å²) in [5.74, 6) is -0.895. The van der Waals surface area contributed by atoms with Crippen LogP contribution in [0.5, 0.6) is 5.75 Å².